The van der Waals surface area contributed by atoms with Crippen LogP contribution in [0.4, 0.5) is 5.82 Å². The zero-order valence-corrected chi connectivity index (χ0v) is 15.8. The largest absolute Gasteiger partial charge is 0.367 e. The van der Waals surface area contributed by atoms with E-state index in [1.165, 1.54) is 65.9 Å². The molecule has 130 valence electrons. The monoisotopic (exact) mass is 370 g/mol. The molecule has 0 saturated carbocycles. The number of aryl methyl sites for hydroxylation is 2. The van der Waals surface area contributed by atoms with Gasteiger partial charge in [-0.15, -0.1) is 22.7 Å². The maximum atomic E-state index is 4.61. The number of hydrogen-bond donors (Lipinski definition) is 1. The molecule has 25 heavy (non-hydrogen) atoms. The van der Waals surface area contributed by atoms with E-state index in [-0.39, 0.29) is 0 Å². The summed E-state index contributed by atoms with van der Waals surface area (Å²) in [6, 6.07) is 4.88. The van der Waals surface area contributed by atoms with Crippen LogP contribution in [0.5, 0.6) is 0 Å². The van der Waals surface area contributed by atoms with Crippen LogP contribution in [0, 0.1) is 0 Å². The molecule has 6 heteroatoms. The number of nitrogens with zero attached hydrogens (tertiary/aromatic N) is 3. The molecule has 1 aliphatic carbocycles. The maximum Gasteiger partial charge on any atom is 0.138 e. The molecule has 1 fully saturated rings. The Hall–Kier alpha value is -1.50. The second-order valence-corrected chi connectivity index (χ2v) is 8.98. The van der Waals surface area contributed by atoms with Gasteiger partial charge >= 0.3 is 0 Å². The Kier molecular flexibility index (Phi) is 4.19. The Bertz CT molecular complexity index is 865. The van der Waals surface area contributed by atoms with Crippen LogP contribution in [0.2, 0.25) is 0 Å². The van der Waals surface area contributed by atoms with Gasteiger partial charge in [-0.25, -0.2) is 9.97 Å². The Morgan fingerprint density at radius 1 is 1.16 bits per heavy atom. The molecule has 2 aliphatic rings. The summed E-state index contributed by atoms with van der Waals surface area (Å²) in [5, 5.41) is 7.16. The normalized spacial score (nSPS) is 18.7. The lowest BCUT2D eigenvalue weighted by Crippen LogP contribution is -2.30. The third kappa shape index (κ3) is 2.86. The summed E-state index contributed by atoms with van der Waals surface area (Å²) in [6.45, 7) is 3.33. The number of nitrogens with one attached hydrogen (secondary N) is 1. The fraction of sp³-hybridized carbons (Fsp3) is 0.474. The van der Waals surface area contributed by atoms with E-state index in [1.807, 2.05) is 22.7 Å². The summed E-state index contributed by atoms with van der Waals surface area (Å²) in [6.07, 6.45) is 8.01. The van der Waals surface area contributed by atoms with Gasteiger partial charge in [-0.05, 0) is 62.2 Å². The van der Waals surface area contributed by atoms with Gasteiger partial charge in [0.1, 0.15) is 17.0 Å². The average Bonchev–Trinajstić information content (AvgIpc) is 3.39. The number of rotatable bonds is 5. The van der Waals surface area contributed by atoms with Crippen molar-refractivity contribution in [2.45, 2.75) is 38.1 Å². The van der Waals surface area contributed by atoms with Crippen LogP contribution in [0.15, 0.2) is 23.8 Å². The van der Waals surface area contributed by atoms with E-state index in [0.717, 1.165) is 17.2 Å². The maximum absolute atomic E-state index is 4.61. The van der Waals surface area contributed by atoms with Gasteiger partial charge in [0, 0.05) is 16.3 Å². The van der Waals surface area contributed by atoms with Crippen LogP contribution >= 0.6 is 22.7 Å². The van der Waals surface area contributed by atoms with Crippen molar-refractivity contribution >= 4 is 38.7 Å². The summed E-state index contributed by atoms with van der Waals surface area (Å²) in [4.78, 5) is 15.9. The molecule has 4 heterocycles. The molecule has 5 rings (SSSR count). The molecular weight excluding hydrogens is 348 g/mol. The molecule has 4 nitrogen and oxygen atoms in total. The predicted molar refractivity (Wildman–Crippen MR) is 106 cm³/mol. The molecule has 0 bridgehead atoms. The van der Waals surface area contributed by atoms with Crippen molar-refractivity contribution in [2.24, 2.45) is 0 Å². The van der Waals surface area contributed by atoms with Gasteiger partial charge in [-0.2, -0.15) is 0 Å². The smallest absolute Gasteiger partial charge is 0.138 e. The zero-order valence-electron chi connectivity index (χ0n) is 14.2. The molecule has 3 aromatic rings. The molecule has 3 aromatic heterocycles. The highest BCUT2D eigenvalue weighted by atomic mass is 32.1. The van der Waals surface area contributed by atoms with Crippen molar-refractivity contribution in [1.82, 2.24) is 14.9 Å². The predicted octanol–water partition coefficient (Wildman–Crippen LogP) is 4.49. The first kappa shape index (κ1) is 15.7. The first-order valence-electron chi connectivity index (χ1n) is 9.17. The standard InChI is InChI=1S/C19H22N4S2/c1-2-9-23(8-1)14(16-7-4-10-24-16)11-20-18-17-13-5-3-6-15(13)25-19(17)22-12-21-18/h4,7,10,12,14H,1-3,5-6,8-9,11H2,(H,20,21,22)/t14-/m1/s1. The van der Waals surface area contributed by atoms with E-state index in [4.69, 9.17) is 0 Å². The Labute approximate surface area is 155 Å². The van der Waals surface area contributed by atoms with Gasteiger partial charge in [0.2, 0.25) is 0 Å². The lowest BCUT2D eigenvalue weighted by Gasteiger charge is -2.27. The third-order valence-electron chi connectivity index (χ3n) is 5.42. The van der Waals surface area contributed by atoms with Crippen molar-refractivity contribution in [1.29, 1.82) is 0 Å². The van der Waals surface area contributed by atoms with E-state index >= 15 is 0 Å². The fourth-order valence-corrected chi connectivity index (χ4v) is 6.29. The average molecular weight is 371 g/mol. The SMILES string of the molecule is c1csc([C@@H](CNc2ncnc3sc4c(c23)CCC4)N2CCCC2)c1. The van der Waals surface area contributed by atoms with E-state index in [1.54, 1.807) is 6.33 Å². The first-order valence-corrected chi connectivity index (χ1v) is 10.9. The van der Waals surface area contributed by atoms with Crippen molar-refractivity contribution < 1.29 is 0 Å². The number of anilines is 1. The molecule has 0 amide bonds. The van der Waals surface area contributed by atoms with Crippen molar-refractivity contribution in [3.8, 4) is 0 Å². The number of hydrogen-bond acceptors (Lipinski definition) is 6. The summed E-state index contributed by atoms with van der Waals surface area (Å²) < 4.78 is 0. The van der Waals surface area contributed by atoms with Gasteiger partial charge in [0.05, 0.1) is 11.4 Å². The number of fused-ring (bicyclic) bond motifs is 3. The molecular formula is C19H22N4S2. The van der Waals surface area contributed by atoms with Crippen molar-refractivity contribution in [2.75, 3.05) is 25.0 Å². The lowest BCUT2D eigenvalue weighted by molar-refractivity contribution is 0.259. The van der Waals surface area contributed by atoms with Gasteiger partial charge in [-0.3, -0.25) is 4.90 Å². The zero-order chi connectivity index (χ0) is 16.6. The van der Waals surface area contributed by atoms with E-state index < -0.39 is 0 Å². The summed E-state index contributed by atoms with van der Waals surface area (Å²) in [5.41, 5.74) is 1.50. The summed E-state index contributed by atoms with van der Waals surface area (Å²) in [5.74, 6) is 1.03. The molecule has 1 N–H and O–H groups in total. The summed E-state index contributed by atoms with van der Waals surface area (Å²) >= 11 is 3.72. The van der Waals surface area contributed by atoms with E-state index in [0.29, 0.717) is 6.04 Å². The molecule has 0 aromatic carbocycles. The molecule has 0 radical (unpaired) electrons. The minimum Gasteiger partial charge on any atom is -0.367 e. The second kappa shape index (κ2) is 6.67. The van der Waals surface area contributed by atoms with Gasteiger partial charge in [-0.1, -0.05) is 6.07 Å². The highest BCUT2D eigenvalue weighted by Crippen LogP contribution is 2.39. The lowest BCUT2D eigenvalue weighted by atomic mass is 10.1. The van der Waals surface area contributed by atoms with Crippen LogP contribution in [-0.4, -0.2) is 34.5 Å². The topological polar surface area (TPSA) is 41.1 Å². The third-order valence-corrected chi connectivity index (χ3v) is 7.59. The Balaban J connectivity index is 1.44. The molecule has 0 unspecified atom stereocenters. The minimum atomic E-state index is 0.444. The second-order valence-electron chi connectivity index (χ2n) is 6.91. The number of thiophene rings is 2. The minimum absolute atomic E-state index is 0.444. The van der Waals surface area contributed by atoms with Crippen LogP contribution < -0.4 is 5.32 Å². The quantitative estimate of drug-likeness (QED) is 0.718. The molecule has 1 aliphatic heterocycles. The van der Waals surface area contributed by atoms with E-state index in [9.17, 15) is 0 Å². The Morgan fingerprint density at radius 2 is 2.08 bits per heavy atom. The van der Waals surface area contributed by atoms with Crippen LogP contribution in [-0.2, 0) is 12.8 Å². The van der Waals surface area contributed by atoms with Gasteiger partial charge < -0.3 is 5.32 Å². The van der Waals surface area contributed by atoms with Gasteiger partial charge in [0.25, 0.3) is 0 Å². The van der Waals surface area contributed by atoms with Crippen molar-refractivity contribution in [3.05, 3.63) is 39.2 Å². The van der Waals surface area contributed by atoms with E-state index in [2.05, 4.69) is 37.7 Å². The van der Waals surface area contributed by atoms with Crippen molar-refractivity contribution in [3.63, 3.8) is 0 Å². The van der Waals surface area contributed by atoms with Crippen LogP contribution in [0.3, 0.4) is 0 Å². The molecule has 1 saturated heterocycles. The Morgan fingerprint density at radius 3 is 2.92 bits per heavy atom. The highest BCUT2D eigenvalue weighted by molar-refractivity contribution is 7.19. The van der Waals surface area contributed by atoms with Gasteiger partial charge in [0.15, 0.2) is 0 Å². The molecule has 1 atom stereocenters. The van der Waals surface area contributed by atoms with Crippen LogP contribution in [0.25, 0.3) is 10.2 Å². The molecule has 0 spiro atoms. The number of likely N-dealkylation sites (tertiary alicyclic amines) is 1. The highest BCUT2D eigenvalue weighted by Gasteiger charge is 2.25. The summed E-state index contributed by atoms with van der Waals surface area (Å²) in [7, 11) is 0. The first-order chi connectivity index (χ1) is 12.4. The number of aromatic nitrogens is 2. The fourth-order valence-electron chi connectivity index (χ4n) is 4.20. The van der Waals surface area contributed by atoms with Crippen LogP contribution in [0.1, 0.15) is 40.6 Å².